The van der Waals surface area contributed by atoms with E-state index >= 15 is 0 Å². The predicted octanol–water partition coefficient (Wildman–Crippen LogP) is 2.97. The van der Waals surface area contributed by atoms with Crippen LogP contribution in [0.3, 0.4) is 0 Å². The number of carbonyl (C=O) groups excluding carboxylic acids is 4. The molecule has 3 rings (SSSR count). The van der Waals surface area contributed by atoms with Gasteiger partial charge in [0.25, 0.3) is 11.8 Å². The van der Waals surface area contributed by atoms with Gasteiger partial charge in [0, 0.05) is 18.7 Å². The Morgan fingerprint density at radius 1 is 1.12 bits per heavy atom. The molecule has 0 fully saturated rings. The average Bonchev–Trinajstić information content (AvgIpc) is 3.43. The second-order valence-electron chi connectivity index (χ2n) is 6.73. The Morgan fingerprint density at radius 3 is 2.53 bits per heavy atom. The van der Waals surface area contributed by atoms with Crippen molar-refractivity contribution in [2.75, 3.05) is 23.4 Å². The molecule has 3 aromatic rings. The number of esters is 1. The lowest BCUT2D eigenvalue weighted by atomic mass is 10.2. The molecule has 0 bridgehead atoms. The van der Waals surface area contributed by atoms with Gasteiger partial charge in [-0.1, -0.05) is 18.2 Å². The molecule has 0 aliphatic rings. The van der Waals surface area contributed by atoms with Crippen LogP contribution in [0.4, 0.5) is 10.7 Å². The first kappa shape index (κ1) is 22.8. The van der Waals surface area contributed by atoms with E-state index in [1.807, 2.05) is 0 Å². The summed E-state index contributed by atoms with van der Waals surface area (Å²) in [5.74, 6) is -2.04. The first-order valence-corrected chi connectivity index (χ1v) is 10.4. The normalized spacial score (nSPS) is 10.4. The fourth-order valence-electron chi connectivity index (χ4n) is 2.83. The molecule has 0 spiro atoms. The maximum atomic E-state index is 12.7. The summed E-state index contributed by atoms with van der Waals surface area (Å²) in [6.07, 6.45) is 1.36. The maximum absolute atomic E-state index is 12.7. The van der Waals surface area contributed by atoms with E-state index in [1.54, 1.807) is 49.4 Å². The molecule has 2 aromatic heterocycles. The average molecular weight is 455 g/mol. The molecule has 0 saturated heterocycles. The number of primary amides is 1. The van der Waals surface area contributed by atoms with E-state index in [4.69, 9.17) is 14.9 Å². The number of aryl methyl sites for hydroxylation is 1. The van der Waals surface area contributed by atoms with E-state index in [0.717, 1.165) is 11.3 Å². The summed E-state index contributed by atoms with van der Waals surface area (Å²) in [5, 5.41) is 3.09. The minimum Gasteiger partial charge on any atom is -0.459 e. The zero-order valence-corrected chi connectivity index (χ0v) is 18.0. The smallest absolute Gasteiger partial charge is 0.349 e. The molecule has 0 aliphatic carbocycles. The van der Waals surface area contributed by atoms with Crippen molar-refractivity contribution >= 4 is 45.7 Å². The van der Waals surface area contributed by atoms with Crippen LogP contribution in [0.25, 0.3) is 0 Å². The Morgan fingerprint density at radius 2 is 1.88 bits per heavy atom. The largest absolute Gasteiger partial charge is 0.459 e. The van der Waals surface area contributed by atoms with E-state index < -0.39 is 30.3 Å². The fraction of sp³-hybridized carbons (Fsp3) is 0.182. The molecule has 1 aromatic carbocycles. The minimum atomic E-state index is -0.692. The molecule has 3 amide bonds. The number of nitrogens with two attached hydrogens (primary N) is 1. The number of rotatable bonds is 9. The first-order valence-electron chi connectivity index (χ1n) is 9.61. The SMILES string of the molecule is Cc1cc(NC(=O)c2ccco2)sc1C(=O)OCC(=O)N(CCC(N)=O)c1ccccc1. The van der Waals surface area contributed by atoms with E-state index in [1.165, 1.54) is 17.2 Å². The third-order valence-corrected chi connectivity index (χ3v) is 5.49. The second-order valence-corrected chi connectivity index (χ2v) is 7.78. The predicted molar refractivity (Wildman–Crippen MR) is 119 cm³/mol. The molecule has 0 unspecified atom stereocenters. The van der Waals surface area contributed by atoms with Crippen molar-refractivity contribution in [2.45, 2.75) is 13.3 Å². The standard InChI is InChI=1S/C22H21N3O6S/c1-14-12-18(24-21(28)16-8-5-11-30-16)32-20(14)22(29)31-13-19(27)25(10-9-17(23)26)15-6-3-2-4-7-15/h2-8,11-12H,9-10,13H2,1H3,(H2,23,26)(H,24,28). The molecule has 0 radical (unpaired) electrons. The van der Waals surface area contributed by atoms with Crippen molar-refractivity contribution in [1.29, 1.82) is 0 Å². The molecular formula is C22H21N3O6S. The van der Waals surface area contributed by atoms with Crippen molar-refractivity contribution in [3.63, 3.8) is 0 Å². The van der Waals surface area contributed by atoms with E-state index in [2.05, 4.69) is 5.32 Å². The molecule has 0 aliphatic heterocycles. The molecule has 9 nitrogen and oxygen atoms in total. The molecule has 32 heavy (non-hydrogen) atoms. The fourth-order valence-corrected chi connectivity index (χ4v) is 3.79. The lowest BCUT2D eigenvalue weighted by Gasteiger charge is -2.22. The van der Waals surface area contributed by atoms with E-state index in [0.29, 0.717) is 16.3 Å². The molecule has 0 saturated carbocycles. The summed E-state index contributed by atoms with van der Waals surface area (Å²) in [6, 6.07) is 13.5. The molecule has 166 valence electrons. The molecule has 10 heteroatoms. The van der Waals surface area contributed by atoms with E-state index in [-0.39, 0.29) is 23.6 Å². The number of carbonyl (C=O) groups is 4. The van der Waals surface area contributed by atoms with Crippen molar-refractivity contribution in [3.8, 4) is 0 Å². The number of hydrogen-bond acceptors (Lipinski definition) is 7. The van der Waals surface area contributed by atoms with Crippen LogP contribution in [0.2, 0.25) is 0 Å². The van der Waals surface area contributed by atoms with Crippen LogP contribution in [0, 0.1) is 6.92 Å². The zero-order chi connectivity index (χ0) is 23.1. The number of hydrogen-bond donors (Lipinski definition) is 2. The Hall–Kier alpha value is -3.92. The van der Waals surface area contributed by atoms with Gasteiger partial charge in [-0.15, -0.1) is 11.3 Å². The Labute approximate surface area is 187 Å². The van der Waals surface area contributed by atoms with Crippen molar-refractivity contribution in [3.05, 3.63) is 71.0 Å². The third kappa shape index (κ3) is 5.82. The first-order chi connectivity index (χ1) is 15.3. The summed E-state index contributed by atoms with van der Waals surface area (Å²) < 4.78 is 10.2. The zero-order valence-electron chi connectivity index (χ0n) is 17.2. The third-order valence-electron chi connectivity index (χ3n) is 4.36. The van der Waals surface area contributed by atoms with Gasteiger partial charge in [-0.25, -0.2) is 4.79 Å². The number of para-hydroxylation sites is 1. The summed E-state index contributed by atoms with van der Waals surface area (Å²) in [7, 11) is 0. The van der Waals surface area contributed by atoms with Gasteiger partial charge >= 0.3 is 5.97 Å². The number of ether oxygens (including phenoxy) is 1. The van der Waals surface area contributed by atoms with Crippen molar-refractivity contribution in [1.82, 2.24) is 0 Å². The van der Waals surface area contributed by atoms with Crippen molar-refractivity contribution in [2.24, 2.45) is 5.73 Å². The highest BCUT2D eigenvalue weighted by molar-refractivity contribution is 7.18. The topological polar surface area (TPSA) is 132 Å². The molecular weight excluding hydrogens is 434 g/mol. The molecule has 3 N–H and O–H groups in total. The van der Waals surface area contributed by atoms with Crippen LogP contribution in [-0.4, -0.2) is 36.8 Å². The van der Waals surface area contributed by atoms with Gasteiger partial charge in [0.15, 0.2) is 12.4 Å². The molecule has 0 atom stereocenters. The van der Waals surface area contributed by atoms with Gasteiger partial charge in [0.05, 0.1) is 11.3 Å². The van der Waals surface area contributed by atoms with Gasteiger partial charge in [0.2, 0.25) is 5.91 Å². The summed E-state index contributed by atoms with van der Waals surface area (Å²) >= 11 is 1.03. The number of nitrogens with zero attached hydrogens (tertiary/aromatic N) is 1. The number of benzene rings is 1. The number of thiophene rings is 1. The highest BCUT2D eigenvalue weighted by atomic mass is 32.1. The Kier molecular flexibility index (Phi) is 7.40. The van der Waals surface area contributed by atoms with Crippen LogP contribution < -0.4 is 16.0 Å². The Balaban J connectivity index is 1.63. The van der Waals surface area contributed by atoms with Crippen LogP contribution in [0.1, 0.15) is 32.2 Å². The van der Waals surface area contributed by atoms with Crippen LogP contribution in [0.15, 0.2) is 59.2 Å². The number of furan rings is 1. The summed E-state index contributed by atoms with van der Waals surface area (Å²) in [4.78, 5) is 50.1. The number of anilines is 2. The molecule has 2 heterocycles. The number of amides is 3. The van der Waals surface area contributed by atoms with Gasteiger partial charge in [-0.2, -0.15) is 0 Å². The van der Waals surface area contributed by atoms with Crippen LogP contribution >= 0.6 is 11.3 Å². The lowest BCUT2D eigenvalue weighted by molar-refractivity contribution is -0.121. The Bertz CT molecular complexity index is 1110. The van der Waals surface area contributed by atoms with Gasteiger partial charge < -0.3 is 25.1 Å². The van der Waals surface area contributed by atoms with Crippen molar-refractivity contribution < 1.29 is 28.3 Å². The van der Waals surface area contributed by atoms with Gasteiger partial charge in [-0.3, -0.25) is 14.4 Å². The van der Waals surface area contributed by atoms with E-state index in [9.17, 15) is 19.2 Å². The van der Waals surface area contributed by atoms with Gasteiger partial charge in [-0.05, 0) is 42.8 Å². The quantitative estimate of drug-likeness (QED) is 0.477. The van der Waals surface area contributed by atoms with Crippen LogP contribution in [0.5, 0.6) is 0 Å². The summed E-state index contributed by atoms with van der Waals surface area (Å²) in [6.45, 7) is 1.25. The number of nitrogens with one attached hydrogen (secondary N) is 1. The monoisotopic (exact) mass is 455 g/mol. The maximum Gasteiger partial charge on any atom is 0.349 e. The highest BCUT2D eigenvalue weighted by Crippen LogP contribution is 2.28. The second kappa shape index (κ2) is 10.4. The summed E-state index contributed by atoms with van der Waals surface area (Å²) in [5.41, 5.74) is 6.36. The minimum absolute atomic E-state index is 0.0304. The highest BCUT2D eigenvalue weighted by Gasteiger charge is 2.21. The van der Waals surface area contributed by atoms with Gasteiger partial charge in [0.1, 0.15) is 4.88 Å². The lowest BCUT2D eigenvalue weighted by Crippen LogP contribution is -2.37. The van der Waals surface area contributed by atoms with Crippen LogP contribution in [-0.2, 0) is 14.3 Å².